The minimum atomic E-state index is -0.583. The van der Waals surface area contributed by atoms with E-state index >= 15 is 0 Å². The van der Waals surface area contributed by atoms with Gasteiger partial charge in [0.2, 0.25) is 5.91 Å². The highest BCUT2D eigenvalue weighted by molar-refractivity contribution is 5.96. The van der Waals surface area contributed by atoms with E-state index in [1.54, 1.807) is 11.8 Å². The Morgan fingerprint density at radius 1 is 1.06 bits per heavy atom. The van der Waals surface area contributed by atoms with Gasteiger partial charge in [0, 0.05) is 65.2 Å². The van der Waals surface area contributed by atoms with Crippen LogP contribution in [0.1, 0.15) is 46.9 Å². The third kappa shape index (κ3) is 5.49. The Morgan fingerprint density at radius 2 is 1.83 bits per heavy atom. The van der Waals surface area contributed by atoms with Crippen molar-refractivity contribution in [3.8, 4) is 0 Å². The Balaban J connectivity index is 1.14. The van der Waals surface area contributed by atoms with E-state index in [0.29, 0.717) is 31.6 Å². The first kappa shape index (κ1) is 23.8. The molecule has 8 heteroatoms. The number of nitrogens with one attached hydrogen (secondary N) is 1. The van der Waals surface area contributed by atoms with Gasteiger partial charge in [-0.25, -0.2) is 4.98 Å². The Bertz CT molecular complexity index is 1080. The number of nitrogens with zero attached hydrogens (tertiary/aromatic N) is 4. The quantitative estimate of drug-likeness (QED) is 0.661. The van der Waals surface area contributed by atoms with Gasteiger partial charge in [0.15, 0.2) is 0 Å². The van der Waals surface area contributed by atoms with Crippen molar-refractivity contribution in [2.75, 3.05) is 44.6 Å². The van der Waals surface area contributed by atoms with Crippen LogP contribution >= 0.6 is 0 Å². The fourth-order valence-electron chi connectivity index (χ4n) is 5.52. The SMILES string of the molecule is CC(=O)N1CCC(Nc2ccc3c(n2)CCN(CC(O)CN2CCc4ccccc4C2)C3=O)CC1. The molecular weight excluding hydrogens is 442 g/mol. The Hall–Kier alpha value is -2.97. The molecule has 1 unspecified atom stereocenters. The smallest absolute Gasteiger partial charge is 0.255 e. The van der Waals surface area contributed by atoms with Gasteiger partial charge in [-0.2, -0.15) is 0 Å². The van der Waals surface area contributed by atoms with Gasteiger partial charge in [0.1, 0.15) is 5.82 Å². The van der Waals surface area contributed by atoms with Crippen molar-refractivity contribution in [1.82, 2.24) is 19.7 Å². The molecule has 3 aliphatic rings. The van der Waals surface area contributed by atoms with E-state index in [0.717, 1.165) is 57.0 Å². The standard InChI is InChI=1S/C27H35N5O3/c1-19(33)31-13-9-22(10-14-31)28-26-7-6-24-25(29-26)11-15-32(27(24)35)18-23(34)17-30-12-8-20-4-2-3-5-21(20)16-30/h2-7,22-23,34H,8-18H2,1H3,(H,28,29). The molecule has 2 amide bonds. The van der Waals surface area contributed by atoms with E-state index in [4.69, 9.17) is 4.98 Å². The zero-order valence-electron chi connectivity index (χ0n) is 20.4. The summed E-state index contributed by atoms with van der Waals surface area (Å²) >= 11 is 0. The lowest BCUT2D eigenvalue weighted by Crippen LogP contribution is -2.46. The van der Waals surface area contributed by atoms with Crippen LogP contribution < -0.4 is 5.32 Å². The zero-order chi connectivity index (χ0) is 24.4. The van der Waals surface area contributed by atoms with E-state index in [1.807, 2.05) is 17.0 Å². The van der Waals surface area contributed by atoms with Gasteiger partial charge in [0.25, 0.3) is 5.91 Å². The van der Waals surface area contributed by atoms with Crippen molar-refractivity contribution in [2.45, 2.75) is 51.3 Å². The maximum absolute atomic E-state index is 13.1. The molecule has 0 radical (unpaired) electrons. The van der Waals surface area contributed by atoms with Crippen LogP contribution in [-0.4, -0.2) is 88.0 Å². The normalized spacial score (nSPS) is 19.8. The highest BCUT2D eigenvalue weighted by Crippen LogP contribution is 2.23. The van der Waals surface area contributed by atoms with Crippen LogP contribution in [-0.2, 0) is 24.2 Å². The number of aliphatic hydroxyl groups excluding tert-OH is 1. The van der Waals surface area contributed by atoms with Gasteiger partial charge in [-0.1, -0.05) is 24.3 Å². The molecule has 0 spiro atoms. The van der Waals surface area contributed by atoms with Crippen LogP contribution in [0.25, 0.3) is 0 Å². The molecule has 5 rings (SSSR count). The Kier molecular flexibility index (Phi) is 7.02. The van der Waals surface area contributed by atoms with Gasteiger partial charge < -0.3 is 20.2 Å². The maximum Gasteiger partial charge on any atom is 0.255 e. The van der Waals surface area contributed by atoms with E-state index in [2.05, 4.69) is 34.5 Å². The van der Waals surface area contributed by atoms with E-state index in [1.165, 1.54) is 11.1 Å². The van der Waals surface area contributed by atoms with Crippen LogP contribution in [0.2, 0.25) is 0 Å². The van der Waals surface area contributed by atoms with Crippen molar-refractivity contribution in [1.29, 1.82) is 0 Å². The first-order valence-electron chi connectivity index (χ1n) is 12.7. The van der Waals surface area contributed by atoms with Crippen molar-refractivity contribution in [3.05, 3.63) is 58.8 Å². The number of benzene rings is 1. The fourth-order valence-corrected chi connectivity index (χ4v) is 5.52. The first-order chi connectivity index (χ1) is 17.0. The van der Waals surface area contributed by atoms with Gasteiger partial charge in [-0.3, -0.25) is 14.5 Å². The molecule has 1 saturated heterocycles. The van der Waals surface area contributed by atoms with Gasteiger partial charge in [-0.05, 0) is 42.5 Å². The van der Waals surface area contributed by atoms with Crippen LogP contribution in [0, 0.1) is 0 Å². The number of β-amino-alcohol motifs (C(OH)–C–C–N with tert-alkyl or cyclic N) is 1. The number of aromatic nitrogens is 1. The van der Waals surface area contributed by atoms with E-state index in [9.17, 15) is 14.7 Å². The molecular formula is C27H35N5O3. The van der Waals surface area contributed by atoms with Gasteiger partial charge >= 0.3 is 0 Å². The summed E-state index contributed by atoms with van der Waals surface area (Å²) in [6.45, 7) is 6.38. The number of rotatable bonds is 6. The topological polar surface area (TPSA) is 89.0 Å². The third-order valence-corrected chi connectivity index (χ3v) is 7.51. The number of pyridine rings is 1. The number of fused-ring (bicyclic) bond motifs is 2. The third-order valence-electron chi connectivity index (χ3n) is 7.51. The highest BCUT2D eigenvalue weighted by atomic mass is 16.3. The largest absolute Gasteiger partial charge is 0.390 e. The second-order valence-corrected chi connectivity index (χ2v) is 10.0. The number of carbonyl (C=O) groups is 2. The molecule has 0 saturated carbocycles. The summed E-state index contributed by atoms with van der Waals surface area (Å²) in [6, 6.07) is 12.5. The first-order valence-corrected chi connectivity index (χ1v) is 12.7. The molecule has 2 aromatic rings. The minimum absolute atomic E-state index is 0.0527. The molecule has 1 fully saturated rings. The molecule has 2 N–H and O–H groups in total. The number of hydrogen-bond acceptors (Lipinski definition) is 6. The molecule has 4 heterocycles. The summed E-state index contributed by atoms with van der Waals surface area (Å²) < 4.78 is 0. The molecule has 1 aromatic heterocycles. The van der Waals surface area contributed by atoms with Crippen LogP contribution in [0.15, 0.2) is 36.4 Å². The Labute approximate surface area is 206 Å². The van der Waals surface area contributed by atoms with Crippen molar-refractivity contribution >= 4 is 17.6 Å². The second-order valence-electron chi connectivity index (χ2n) is 10.0. The lowest BCUT2D eigenvalue weighted by molar-refractivity contribution is -0.129. The molecule has 8 nitrogen and oxygen atoms in total. The molecule has 3 aliphatic heterocycles. The minimum Gasteiger partial charge on any atom is -0.390 e. The second kappa shape index (κ2) is 10.3. The predicted molar refractivity (Wildman–Crippen MR) is 134 cm³/mol. The van der Waals surface area contributed by atoms with Crippen LogP contribution in [0.5, 0.6) is 0 Å². The fraction of sp³-hybridized carbons (Fsp3) is 0.519. The van der Waals surface area contributed by atoms with Crippen LogP contribution in [0.3, 0.4) is 0 Å². The zero-order valence-corrected chi connectivity index (χ0v) is 20.4. The lowest BCUT2D eigenvalue weighted by atomic mass is 9.99. The number of likely N-dealkylation sites (tertiary alicyclic amines) is 1. The van der Waals surface area contributed by atoms with E-state index in [-0.39, 0.29) is 17.9 Å². The number of aliphatic hydroxyl groups is 1. The molecule has 0 aliphatic carbocycles. The maximum atomic E-state index is 13.1. The number of hydrogen-bond donors (Lipinski definition) is 2. The summed E-state index contributed by atoms with van der Waals surface area (Å²) in [6.07, 6.45) is 2.89. The molecule has 186 valence electrons. The molecule has 1 aromatic carbocycles. The monoisotopic (exact) mass is 477 g/mol. The average Bonchev–Trinajstić information content (AvgIpc) is 2.86. The average molecular weight is 478 g/mol. The van der Waals surface area contributed by atoms with Crippen molar-refractivity contribution < 1.29 is 14.7 Å². The summed E-state index contributed by atoms with van der Waals surface area (Å²) in [7, 11) is 0. The van der Waals surface area contributed by atoms with Crippen molar-refractivity contribution in [3.63, 3.8) is 0 Å². The highest BCUT2D eigenvalue weighted by Gasteiger charge is 2.29. The Morgan fingerprint density at radius 3 is 2.60 bits per heavy atom. The van der Waals surface area contributed by atoms with Crippen molar-refractivity contribution in [2.24, 2.45) is 0 Å². The van der Waals surface area contributed by atoms with Crippen LogP contribution in [0.4, 0.5) is 5.82 Å². The lowest BCUT2D eigenvalue weighted by Gasteiger charge is -2.34. The molecule has 0 bridgehead atoms. The number of anilines is 1. The summed E-state index contributed by atoms with van der Waals surface area (Å²) in [4.78, 5) is 35.3. The van der Waals surface area contributed by atoms with Gasteiger partial charge in [-0.15, -0.1) is 0 Å². The predicted octanol–water partition coefficient (Wildman–Crippen LogP) is 1.92. The molecule has 1 atom stereocenters. The number of amides is 2. The van der Waals surface area contributed by atoms with E-state index < -0.39 is 6.10 Å². The summed E-state index contributed by atoms with van der Waals surface area (Å²) in [5.74, 6) is 0.865. The summed E-state index contributed by atoms with van der Waals surface area (Å²) in [5, 5.41) is 14.2. The molecule has 35 heavy (non-hydrogen) atoms. The number of piperidine rings is 1. The number of carbonyl (C=O) groups excluding carboxylic acids is 2. The summed E-state index contributed by atoms with van der Waals surface area (Å²) in [5.41, 5.74) is 4.17. The van der Waals surface area contributed by atoms with Gasteiger partial charge in [0.05, 0.1) is 17.4 Å².